The van der Waals surface area contributed by atoms with Crippen LogP contribution in [-0.4, -0.2) is 46.2 Å². The van der Waals surface area contributed by atoms with E-state index in [4.69, 9.17) is 10.5 Å². The van der Waals surface area contributed by atoms with Crippen LogP contribution >= 0.6 is 0 Å². The fraction of sp³-hybridized carbons (Fsp3) is 0.267. The van der Waals surface area contributed by atoms with Crippen molar-refractivity contribution in [3.63, 3.8) is 0 Å². The van der Waals surface area contributed by atoms with Gasteiger partial charge in [0.25, 0.3) is 0 Å². The number of aromatic nitrogens is 4. The molecule has 0 bridgehead atoms. The first-order valence-electron chi connectivity index (χ1n) is 7.32. The molecule has 7 nitrogen and oxygen atoms in total. The van der Waals surface area contributed by atoms with Crippen LogP contribution in [0.5, 0.6) is 0 Å². The van der Waals surface area contributed by atoms with Crippen LogP contribution in [0.15, 0.2) is 24.3 Å². The van der Waals surface area contributed by atoms with Crippen molar-refractivity contribution in [3.8, 4) is 11.4 Å². The standard InChI is InChI=1S/C15H15FN6O/c16-10-3-1-9(2-4-10)12-18-11-13(19-12)20-15(17)21-14(11)22-5-7-23-8-6-22/h1-4H,5-8H2,(H3,17,18,19,20,21). The van der Waals surface area contributed by atoms with Crippen molar-refractivity contribution in [2.45, 2.75) is 0 Å². The number of imidazole rings is 1. The van der Waals surface area contributed by atoms with Crippen molar-refractivity contribution in [1.29, 1.82) is 0 Å². The van der Waals surface area contributed by atoms with Gasteiger partial charge in [-0.25, -0.2) is 9.37 Å². The van der Waals surface area contributed by atoms with Crippen LogP contribution in [0.2, 0.25) is 0 Å². The van der Waals surface area contributed by atoms with Crippen LogP contribution in [-0.2, 0) is 4.74 Å². The van der Waals surface area contributed by atoms with Crippen LogP contribution in [0.4, 0.5) is 16.2 Å². The predicted octanol–water partition coefficient (Wildman–Crippen LogP) is 1.58. The number of hydrogen-bond acceptors (Lipinski definition) is 6. The number of rotatable bonds is 2. The molecule has 0 radical (unpaired) electrons. The number of halogens is 1. The van der Waals surface area contributed by atoms with Gasteiger partial charge in [0, 0.05) is 18.7 Å². The highest BCUT2D eigenvalue weighted by Gasteiger charge is 2.19. The highest BCUT2D eigenvalue weighted by molar-refractivity contribution is 5.87. The second kappa shape index (κ2) is 5.47. The molecule has 3 heterocycles. The number of H-pyrrole nitrogens is 1. The normalized spacial score (nSPS) is 15.3. The first-order chi connectivity index (χ1) is 11.2. The topological polar surface area (TPSA) is 92.9 Å². The quantitative estimate of drug-likeness (QED) is 0.746. The van der Waals surface area contributed by atoms with Gasteiger partial charge in [-0.05, 0) is 24.3 Å². The molecule has 0 aliphatic carbocycles. The maximum absolute atomic E-state index is 13.1. The number of nitrogens with zero attached hydrogens (tertiary/aromatic N) is 4. The minimum Gasteiger partial charge on any atom is -0.378 e. The minimum absolute atomic E-state index is 0.177. The number of fused-ring (bicyclic) bond motifs is 1. The summed E-state index contributed by atoms with van der Waals surface area (Å²) in [6, 6.07) is 6.12. The summed E-state index contributed by atoms with van der Waals surface area (Å²) in [7, 11) is 0. The van der Waals surface area contributed by atoms with Gasteiger partial charge in [-0.3, -0.25) is 0 Å². The summed E-state index contributed by atoms with van der Waals surface area (Å²) < 4.78 is 18.5. The molecule has 1 aromatic carbocycles. The molecule has 1 saturated heterocycles. The second-order valence-electron chi connectivity index (χ2n) is 5.30. The fourth-order valence-corrected chi connectivity index (χ4v) is 2.65. The van der Waals surface area contributed by atoms with Crippen molar-refractivity contribution in [3.05, 3.63) is 30.1 Å². The van der Waals surface area contributed by atoms with Gasteiger partial charge in [0.1, 0.15) is 17.2 Å². The van der Waals surface area contributed by atoms with Crippen molar-refractivity contribution >= 4 is 22.9 Å². The summed E-state index contributed by atoms with van der Waals surface area (Å²) >= 11 is 0. The molecule has 0 spiro atoms. The van der Waals surface area contributed by atoms with E-state index in [9.17, 15) is 4.39 Å². The molecule has 23 heavy (non-hydrogen) atoms. The Morgan fingerprint density at radius 1 is 1.09 bits per heavy atom. The Balaban J connectivity index is 1.82. The molecule has 1 fully saturated rings. The van der Waals surface area contributed by atoms with Crippen LogP contribution in [0.3, 0.4) is 0 Å². The van der Waals surface area contributed by atoms with E-state index in [1.807, 2.05) is 0 Å². The first-order valence-corrected chi connectivity index (χ1v) is 7.32. The molecule has 0 atom stereocenters. The van der Waals surface area contributed by atoms with Crippen LogP contribution in [0, 0.1) is 5.82 Å². The minimum atomic E-state index is -0.289. The molecular formula is C15H15FN6O. The van der Waals surface area contributed by atoms with E-state index in [-0.39, 0.29) is 11.8 Å². The van der Waals surface area contributed by atoms with Gasteiger partial charge in [-0.15, -0.1) is 0 Å². The van der Waals surface area contributed by atoms with E-state index in [2.05, 4.69) is 24.8 Å². The SMILES string of the molecule is Nc1nc(N2CCOCC2)c2[nH]c(-c3ccc(F)cc3)nc2n1. The Bertz CT molecular complexity index is 841. The third-order valence-corrected chi connectivity index (χ3v) is 3.78. The molecule has 0 amide bonds. The van der Waals surface area contributed by atoms with Crippen molar-refractivity contribution in [2.24, 2.45) is 0 Å². The molecule has 3 N–H and O–H groups in total. The number of nitrogen functional groups attached to an aromatic ring is 1. The van der Waals surface area contributed by atoms with Crippen LogP contribution in [0.25, 0.3) is 22.6 Å². The van der Waals surface area contributed by atoms with Crippen LogP contribution < -0.4 is 10.6 Å². The van der Waals surface area contributed by atoms with Gasteiger partial charge in [0.15, 0.2) is 11.5 Å². The molecular weight excluding hydrogens is 299 g/mol. The van der Waals surface area contributed by atoms with E-state index < -0.39 is 0 Å². The number of nitrogens with one attached hydrogen (secondary N) is 1. The maximum atomic E-state index is 13.1. The Labute approximate surface area is 131 Å². The third kappa shape index (κ3) is 2.57. The largest absolute Gasteiger partial charge is 0.378 e. The number of ether oxygens (including phenoxy) is 1. The molecule has 1 aliphatic heterocycles. The molecule has 1 aliphatic rings. The highest BCUT2D eigenvalue weighted by Crippen LogP contribution is 2.27. The number of nitrogens with two attached hydrogens (primary N) is 1. The van der Waals surface area contributed by atoms with E-state index in [0.717, 1.165) is 30.0 Å². The zero-order valence-electron chi connectivity index (χ0n) is 12.3. The van der Waals surface area contributed by atoms with Gasteiger partial charge >= 0.3 is 0 Å². The molecule has 3 aromatic rings. The zero-order chi connectivity index (χ0) is 15.8. The maximum Gasteiger partial charge on any atom is 0.224 e. The Morgan fingerprint density at radius 2 is 1.83 bits per heavy atom. The average molecular weight is 314 g/mol. The number of hydrogen-bond donors (Lipinski definition) is 2. The molecule has 0 unspecified atom stereocenters. The lowest BCUT2D eigenvalue weighted by Crippen LogP contribution is -2.37. The lowest BCUT2D eigenvalue weighted by Gasteiger charge is -2.27. The lowest BCUT2D eigenvalue weighted by molar-refractivity contribution is 0.122. The highest BCUT2D eigenvalue weighted by atomic mass is 19.1. The molecule has 8 heteroatoms. The van der Waals surface area contributed by atoms with Crippen molar-refractivity contribution in [2.75, 3.05) is 36.9 Å². The van der Waals surface area contributed by atoms with E-state index in [1.54, 1.807) is 12.1 Å². The van der Waals surface area contributed by atoms with Gasteiger partial charge in [-0.2, -0.15) is 9.97 Å². The first kappa shape index (κ1) is 13.9. The van der Waals surface area contributed by atoms with Gasteiger partial charge < -0.3 is 20.4 Å². The van der Waals surface area contributed by atoms with Gasteiger partial charge in [0.05, 0.1) is 13.2 Å². The van der Waals surface area contributed by atoms with E-state index in [1.165, 1.54) is 12.1 Å². The monoisotopic (exact) mass is 314 g/mol. The van der Waals surface area contributed by atoms with Crippen molar-refractivity contribution < 1.29 is 9.13 Å². The third-order valence-electron chi connectivity index (χ3n) is 3.78. The predicted molar refractivity (Wildman–Crippen MR) is 84.5 cm³/mol. The summed E-state index contributed by atoms with van der Waals surface area (Å²) in [5.41, 5.74) is 7.81. The number of benzene rings is 1. The van der Waals surface area contributed by atoms with Crippen molar-refractivity contribution in [1.82, 2.24) is 19.9 Å². The van der Waals surface area contributed by atoms with E-state index >= 15 is 0 Å². The summed E-state index contributed by atoms with van der Waals surface area (Å²) in [4.78, 5) is 18.3. The number of morpholine rings is 1. The summed E-state index contributed by atoms with van der Waals surface area (Å²) in [6.07, 6.45) is 0. The fourth-order valence-electron chi connectivity index (χ4n) is 2.65. The van der Waals surface area contributed by atoms with Gasteiger partial charge in [0.2, 0.25) is 5.95 Å². The summed E-state index contributed by atoms with van der Waals surface area (Å²) in [5, 5.41) is 0. The van der Waals surface area contributed by atoms with E-state index in [0.29, 0.717) is 24.7 Å². The number of anilines is 2. The second-order valence-corrected chi connectivity index (χ2v) is 5.30. The summed E-state index contributed by atoms with van der Waals surface area (Å²) in [6.45, 7) is 2.75. The zero-order valence-corrected chi connectivity index (χ0v) is 12.3. The Kier molecular flexibility index (Phi) is 3.30. The Morgan fingerprint density at radius 3 is 2.57 bits per heavy atom. The van der Waals surface area contributed by atoms with Crippen LogP contribution in [0.1, 0.15) is 0 Å². The molecule has 118 valence electrons. The molecule has 0 saturated carbocycles. The lowest BCUT2D eigenvalue weighted by atomic mass is 10.2. The summed E-state index contributed by atoms with van der Waals surface area (Å²) in [5.74, 6) is 1.21. The Hall–Kier alpha value is -2.74. The number of aromatic amines is 1. The average Bonchev–Trinajstić information content (AvgIpc) is 2.99. The molecule has 2 aromatic heterocycles. The molecule has 4 rings (SSSR count). The smallest absolute Gasteiger partial charge is 0.224 e. The van der Waals surface area contributed by atoms with Gasteiger partial charge in [-0.1, -0.05) is 0 Å².